The van der Waals surface area contributed by atoms with Crippen LogP contribution in [0.25, 0.3) is 0 Å². The summed E-state index contributed by atoms with van der Waals surface area (Å²) >= 11 is 0. The molecule has 1 heterocycles. The van der Waals surface area contributed by atoms with Crippen molar-refractivity contribution < 1.29 is 23.9 Å². The number of esters is 1. The Kier molecular flexibility index (Phi) is 6.23. The molecule has 0 aromatic heterocycles. The second kappa shape index (κ2) is 8.21. The van der Waals surface area contributed by atoms with Gasteiger partial charge in [-0.1, -0.05) is 30.3 Å². The van der Waals surface area contributed by atoms with Crippen LogP contribution in [0.2, 0.25) is 0 Å². The number of nitrogens with one attached hydrogen (secondary N) is 1. The zero-order chi connectivity index (χ0) is 19.3. The van der Waals surface area contributed by atoms with E-state index < -0.39 is 29.7 Å². The first kappa shape index (κ1) is 19.8. The van der Waals surface area contributed by atoms with Crippen LogP contribution < -0.4 is 5.32 Å². The van der Waals surface area contributed by atoms with Crippen LogP contribution in [0.5, 0.6) is 0 Å². The lowest BCUT2D eigenvalue weighted by Crippen LogP contribution is -2.52. The van der Waals surface area contributed by atoms with Gasteiger partial charge in [0.25, 0.3) is 0 Å². The van der Waals surface area contributed by atoms with Crippen molar-refractivity contribution in [3.05, 3.63) is 35.9 Å². The summed E-state index contributed by atoms with van der Waals surface area (Å²) in [7, 11) is 0. The van der Waals surface area contributed by atoms with Crippen LogP contribution in [0.1, 0.15) is 39.7 Å². The molecule has 2 rings (SSSR count). The lowest BCUT2D eigenvalue weighted by Gasteiger charge is -2.30. The molecule has 2 atom stereocenters. The number of carbonyl (C=O) groups excluding carboxylic acids is 3. The number of cyclic esters (lactones) is 1. The summed E-state index contributed by atoms with van der Waals surface area (Å²) in [6.07, 6.45) is -0.233. The summed E-state index contributed by atoms with van der Waals surface area (Å²) in [6, 6.07) is 7.90. The van der Waals surface area contributed by atoms with Crippen molar-refractivity contribution in [1.82, 2.24) is 10.2 Å². The zero-order valence-electron chi connectivity index (χ0n) is 15.7. The van der Waals surface area contributed by atoms with Crippen molar-refractivity contribution in [3.8, 4) is 0 Å². The minimum absolute atomic E-state index is 0.264. The van der Waals surface area contributed by atoms with E-state index in [1.807, 2.05) is 30.3 Å². The molecule has 1 saturated heterocycles. The van der Waals surface area contributed by atoms with Crippen LogP contribution in [0.4, 0.5) is 4.79 Å². The summed E-state index contributed by atoms with van der Waals surface area (Å²) in [6.45, 7) is 7.36. The molecule has 1 fully saturated rings. The van der Waals surface area contributed by atoms with Gasteiger partial charge in [-0.3, -0.25) is 4.79 Å². The SMILES string of the molecule is CC(NC(=O)OC(C)(C)C)C(=O)N(Cc1ccccc1)C1CCOC1=O. The fourth-order valence-corrected chi connectivity index (χ4v) is 2.68. The van der Waals surface area contributed by atoms with Crippen molar-refractivity contribution in [2.24, 2.45) is 0 Å². The Bertz CT molecular complexity index is 654. The fraction of sp³-hybridized carbons (Fsp3) is 0.526. The molecular formula is C19H26N2O5. The summed E-state index contributed by atoms with van der Waals surface area (Å²) in [5, 5.41) is 2.54. The van der Waals surface area contributed by atoms with Crippen LogP contribution >= 0.6 is 0 Å². The Hall–Kier alpha value is -2.57. The highest BCUT2D eigenvalue weighted by Crippen LogP contribution is 2.19. The molecule has 0 radical (unpaired) electrons. The van der Waals surface area contributed by atoms with E-state index in [9.17, 15) is 14.4 Å². The van der Waals surface area contributed by atoms with E-state index in [0.717, 1.165) is 5.56 Å². The first-order valence-electron chi connectivity index (χ1n) is 8.68. The van der Waals surface area contributed by atoms with Gasteiger partial charge in [0.2, 0.25) is 5.91 Å². The molecule has 2 amide bonds. The number of nitrogens with zero attached hydrogens (tertiary/aromatic N) is 1. The maximum Gasteiger partial charge on any atom is 0.408 e. The van der Waals surface area contributed by atoms with Crippen molar-refractivity contribution in [1.29, 1.82) is 0 Å². The van der Waals surface area contributed by atoms with Gasteiger partial charge in [0, 0.05) is 13.0 Å². The minimum atomic E-state index is -0.832. The molecule has 2 unspecified atom stereocenters. The van der Waals surface area contributed by atoms with Gasteiger partial charge in [0.05, 0.1) is 6.61 Å². The highest BCUT2D eigenvalue weighted by Gasteiger charge is 2.37. The van der Waals surface area contributed by atoms with Crippen molar-refractivity contribution in [3.63, 3.8) is 0 Å². The first-order chi connectivity index (χ1) is 12.2. The van der Waals surface area contributed by atoms with E-state index in [-0.39, 0.29) is 19.1 Å². The number of hydrogen-bond donors (Lipinski definition) is 1. The number of ether oxygens (including phenoxy) is 2. The van der Waals surface area contributed by atoms with Gasteiger partial charge < -0.3 is 19.7 Å². The lowest BCUT2D eigenvalue weighted by molar-refractivity contribution is -0.149. The third kappa shape index (κ3) is 5.47. The fourth-order valence-electron chi connectivity index (χ4n) is 2.68. The van der Waals surface area contributed by atoms with Gasteiger partial charge in [-0.15, -0.1) is 0 Å². The maximum absolute atomic E-state index is 12.9. The van der Waals surface area contributed by atoms with Gasteiger partial charge in [-0.05, 0) is 33.3 Å². The number of alkyl carbamates (subject to hydrolysis) is 1. The van der Waals surface area contributed by atoms with Crippen LogP contribution in [0, 0.1) is 0 Å². The Balaban J connectivity index is 2.11. The van der Waals surface area contributed by atoms with Crippen molar-refractivity contribution >= 4 is 18.0 Å². The third-order valence-electron chi connectivity index (χ3n) is 3.87. The molecule has 1 N–H and O–H groups in total. The molecule has 7 nitrogen and oxygen atoms in total. The third-order valence-corrected chi connectivity index (χ3v) is 3.87. The number of rotatable bonds is 5. The van der Waals surface area contributed by atoms with Gasteiger partial charge in [0.15, 0.2) is 0 Å². The van der Waals surface area contributed by atoms with Crippen molar-refractivity contribution in [2.75, 3.05) is 6.61 Å². The van der Waals surface area contributed by atoms with Gasteiger partial charge in [-0.2, -0.15) is 0 Å². The van der Waals surface area contributed by atoms with Gasteiger partial charge >= 0.3 is 12.1 Å². The zero-order valence-corrected chi connectivity index (χ0v) is 15.7. The highest BCUT2D eigenvalue weighted by molar-refractivity contribution is 5.90. The topological polar surface area (TPSA) is 84.9 Å². The molecule has 0 aliphatic carbocycles. The van der Waals surface area contributed by atoms with E-state index in [0.29, 0.717) is 6.42 Å². The molecular weight excluding hydrogens is 336 g/mol. The summed E-state index contributed by atoms with van der Waals surface area (Å²) in [5.41, 5.74) is 0.233. The average molecular weight is 362 g/mol. The number of hydrogen-bond acceptors (Lipinski definition) is 5. The number of carbonyl (C=O) groups is 3. The van der Waals surface area contributed by atoms with Crippen LogP contribution in [0.15, 0.2) is 30.3 Å². The Morgan fingerprint density at radius 3 is 2.50 bits per heavy atom. The summed E-state index contributed by atoms with van der Waals surface area (Å²) < 4.78 is 10.2. The summed E-state index contributed by atoms with van der Waals surface area (Å²) in [4.78, 5) is 38.4. The molecule has 1 aromatic rings. The maximum atomic E-state index is 12.9. The largest absolute Gasteiger partial charge is 0.464 e. The molecule has 1 aliphatic heterocycles. The van der Waals surface area contributed by atoms with Crippen LogP contribution in [-0.4, -0.2) is 47.2 Å². The van der Waals surface area contributed by atoms with E-state index in [2.05, 4.69) is 5.32 Å². The first-order valence-corrected chi connectivity index (χ1v) is 8.68. The van der Waals surface area contributed by atoms with E-state index in [4.69, 9.17) is 9.47 Å². The number of benzene rings is 1. The molecule has 7 heteroatoms. The highest BCUT2D eigenvalue weighted by atomic mass is 16.6. The predicted molar refractivity (Wildman–Crippen MR) is 95.2 cm³/mol. The molecule has 0 spiro atoms. The Labute approximate surface area is 153 Å². The van der Waals surface area contributed by atoms with Crippen LogP contribution in [0.3, 0.4) is 0 Å². The second-order valence-corrected chi connectivity index (χ2v) is 7.29. The molecule has 1 aromatic carbocycles. The molecule has 0 bridgehead atoms. The summed E-state index contributed by atoms with van der Waals surface area (Å²) in [5.74, 6) is -0.776. The molecule has 26 heavy (non-hydrogen) atoms. The van der Waals surface area contributed by atoms with E-state index in [1.54, 1.807) is 27.7 Å². The quantitative estimate of drug-likeness (QED) is 0.812. The Morgan fingerprint density at radius 2 is 1.96 bits per heavy atom. The standard InChI is InChI=1S/C19H26N2O5/c1-13(20-18(24)26-19(2,3)4)16(22)21(15-10-11-25-17(15)23)12-14-8-6-5-7-9-14/h5-9,13,15H,10-12H2,1-4H3,(H,20,24). The smallest absolute Gasteiger partial charge is 0.408 e. The molecule has 142 valence electrons. The normalized spacial score (nSPS) is 18.0. The minimum Gasteiger partial charge on any atom is -0.464 e. The monoisotopic (exact) mass is 362 g/mol. The lowest BCUT2D eigenvalue weighted by atomic mass is 10.1. The Morgan fingerprint density at radius 1 is 1.31 bits per heavy atom. The average Bonchev–Trinajstić information content (AvgIpc) is 2.97. The molecule has 1 aliphatic rings. The molecule has 0 saturated carbocycles. The van der Waals surface area contributed by atoms with Gasteiger partial charge in [0.1, 0.15) is 17.7 Å². The van der Waals surface area contributed by atoms with E-state index in [1.165, 1.54) is 4.90 Å². The van der Waals surface area contributed by atoms with E-state index >= 15 is 0 Å². The second-order valence-electron chi connectivity index (χ2n) is 7.29. The van der Waals surface area contributed by atoms with Crippen LogP contribution in [-0.2, 0) is 25.6 Å². The van der Waals surface area contributed by atoms with Gasteiger partial charge in [-0.25, -0.2) is 9.59 Å². The predicted octanol–water partition coefficient (Wildman–Crippen LogP) is 2.24. The van der Waals surface area contributed by atoms with Crippen molar-refractivity contribution in [2.45, 2.75) is 58.3 Å². The number of amides is 2.